The Hall–Kier alpha value is -3.76. The van der Waals surface area contributed by atoms with E-state index < -0.39 is 28.5 Å². The molecule has 0 heterocycles. The van der Waals surface area contributed by atoms with Crippen LogP contribution in [0.1, 0.15) is 31.9 Å². The highest BCUT2D eigenvalue weighted by Crippen LogP contribution is 2.32. The average Bonchev–Trinajstić information content (AvgIpc) is 2.97. The summed E-state index contributed by atoms with van der Waals surface area (Å²) in [6, 6.07) is 17.1. The minimum atomic E-state index is -4.27. The second-order valence-corrected chi connectivity index (χ2v) is 12.6. The van der Waals surface area contributed by atoms with Gasteiger partial charge in [0.15, 0.2) is 11.5 Å². The first kappa shape index (κ1) is 32.8. The van der Waals surface area contributed by atoms with Crippen molar-refractivity contribution in [1.29, 1.82) is 0 Å². The van der Waals surface area contributed by atoms with Gasteiger partial charge in [-0.1, -0.05) is 55.3 Å². The summed E-state index contributed by atoms with van der Waals surface area (Å²) in [5.74, 6) is -0.104. The summed E-state index contributed by atoms with van der Waals surface area (Å²) < 4.78 is 39.8. The predicted molar refractivity (Wildman–Crippen MR) is 165 cm³/mol. The monoisotopic (exact) mass is 615 g/mol. The van der Waals surface area contributed by atoms with Gasteiger partial charge in [0.25, 0.3) is 10.0 Å². The molecule has 0 bridgehead atoms. The molecule has 3 aromatic rings. The van der Waals surface area contributed by atoms with E-state index in [0.29, 0.717) is 28.6 Å². The maximum Gasteiger partial charge on any atom is 0.264 e. The van der Waals surface area contributed by atoms with Gasteiger partial charge in [0, 0.05) is 24.2 Å². The number of halogens is 1. The Morgan fingerprint density at radius 1 is 0.929 bits per heavy atom. The molecule has 2 amide bonds. The molecule has 0 spiro atoms. The molecule has 1 N–H and O–H groups in total. The number of carbonyl (C=O) groups excluding carboxylic acids is 2. The lowest BCUT2D eigenvalue weighted by atomic mass is 10.1. The Balaban J connectivity index is 2.05. The fourth-order valence-electron chi connectivity index (χ4n) is 4.21. The van der Waals surface area contributed by atoms with Crippen LogP contribution in [0.3, 0.4) is 0 Å². The van der Waals surface area contributed by atoms with E-state index in [1.54, 1.807) is 55.5 Å². The number of hydrogen-bond donors (Lipinski definition) is 1. The molecule has 11 heteroatoms. The van der Waals surface area contributed by atoms with Crippen LogP contribution in [0.5, 0.6) is 11.5 Å². The Morgan fingerprint density at radius 3 is 2.19 bits per heavy atom. The van der Waals surface area contributed by atoms with Crippen LogP contribution < -0.4 is 19.1 Å². The summed E-state index contributed by atoms with van der Waals surface area (Å²) >= 11 is 6.20. The molecule has 1 unspecified atom stereocenters. The van der Waals surface area contributed by atoms with Gasteiger partial charge in [0.05, 0.1) is 24.8 Å². The van der Waals surface area contributed by atoms with Crippen LogP contribution in [0.2, 0.25) is 5.02 Å². The largest absolute Gasteiger partial charge is 0.493 e. The molecule has 0 radical (unpaired) electrons. The smallest absolute Gasteiger partial charge is 0.264 e. The number of benzene rings is 3. The van der Waals surface area contributed by atoms with Crippen molar-refractivity contribution in [3.8, 4) is 11.5 Å². The van der Waals surface area contributed by atoms with Crippen molar-refractivity contribution in [3.05, 3.63) is 82.9 Å². The Kier molecular flexibility index (Phi) is 11.2. The number of amides is 2. The summed E-state index contributed by atoms with van der Waals surface area (Å²) in [6.07, 6.45) is 0. The van der Waals surface area contributed by atoms with Gasteiger partial charge in [-0.25, -0.2) is 8.42 Å². The van der Waals surface area contributed by atoms with Crippen LogP contribution >= 0.6 is 11.6 Å². The number of anilines is 1. The fraction of sp³-hybridized carbons (Fsp3) is 0.355. The predicted octanol–water partition coefficient (Wildman–Crippen LogP) is 5.05. The molecule has 1 atom stereocenters. The van der Waals surface area contributed by atoms with Crippen LogP contribution in [0.25, 0.3) is 0 Å². The number of hydrogen-bond acceptors (Lipinski definition) is 6. The first-order chi connectivity index (χ1) is 19.9. The van der Waals surface area contributed by atoms with E-state index in [2.05, 4.69) is 5.32 Å². The Morgan fingerprint density at radius 2 is 1.60 bits per heavy atom. The second kappa shape index (κ2) is 14.4. The average molecular weight is 616 g/mol. The summed E-state index contributed by atoms with van der Waals surface area (Å²) in [5, 5.41) is 3.35. The third-order valence-electron chi connectivity index (χ3n) is 6.64. The van der Waals surface area contributed by atoms with E-state index in [9.17, 15) is 18.0 Å². The van der Waals surface area contributed by atoms with Gasteiger partial charge in [0.1, 0.15) is 12.6 Å². The molecule has 0 aromatic heterocycles. The highest BCUT2D eigenvalue weighted by molar-refractivity contribution is 7.92. The Labute approximate surface area is 253 Å². The molecule has 0 fully saturated rings. The number of nitrogens with one attached hydrogen (secondary N) is 1. The van der Waals surface area contributed by atoms with Crippen LogP contribution in [0.4, 0.5) is 5.69 Å². The zero-order chi connectivity index (χ0) is 31.0. The Bertz CT molecular complexity index is 1490. The quantitative estimate of drug-likeness (QED) is 0.289. The molecular formula is C31H38ClN3O6S. The second-order valence-electron chi connectivity index (χ2n) is 10.3. The zero-order valence-corrected chi connectivity index (χ0v) is 26.3. The molecule has 9 nitrogen and oxygen atoms in total. The molecule has 0 aliphatic heterocycles. The summed E-state index contributed by atoms with van der Waals surface area (Å²) in [5.41, 5.74) is 1.92. The topological polar surface area (TPSA) is 105 Å². The molecule has 226 valence electrons. The summed E-state index contributed by atoms with van der Waals surface area (Å²) in [4.78, 5) is 28.4. The van der Waals surface area contributed by atoms with E-state index >= 15 is 0 Å². The van der Waals surface area contributed by atoms with Crippen LogP contribution in [-0.2, 0) is 26.2 Å². The molecule has 0 saturated carbocycles. The van der Waals surface area contributed by atoms with Gasteiger partial charge in [-0.05, 0) is 61.7 Å². The maximum absolute atomic E-state index is 14.1. The lowest BCUT2D eigenvalue weighted by Crippen LogP contribution is -2.51. The van der Waals surface area contributed by atoms with Gasteiger partial charge >= 0.3 is 0 Å². The minimum Gasteiger partial charge on any atom is -0.493 e. The number of aryl methyl sites for hydroxylation is 1. The van der Waals surface area contributed by atoms with E-state index in [1.807, 2.05) is 20.8 Å². The van der Waals surface area contributed by atoms with Crippen LogP contribution in [0, 0.1) is 12.8 Å². The molecule has 3 aromatic carbocycles. The van der Waals surface area contributed by atoms with E-state index in [-0.39, 0.29) is 29.0 Å². The number of ether oxygens (including phenoxy) is 2. The highest BCUT2D eigenvalue weighted by atomic mass is 35.5. The van der Waals surface area contributed by atoms with Gasteiger partial charge in [-0.15, -0.1) is 0 Å². The van der Waals surface area contributed by atoms with Crippen molar-refractivity contribution < 1.29 is 27.5 Å². The lowest BCUT2D eigenvalue weighted by molar-refractivity contribution is -0.139. The van der Waals surface area contributed by atoms with Crippen LogP contribution in [0.15, 0.2) is 71.6 Å². The third-order valence-corrected chi connectivity index (χ3v) is 8.64. The minimum absolute atomic E-state index is 0.0494. The normalized spacial score (nSPS) is 12.0. The number of sulfonamides is 1. The molecule has 0 aliphatic carbocycles. The van der Waals surface area contributed by atoms with Crippen molar-refractivity contribution in [2.45, 2.75) is 45.2 Å². The van der Waals surface area contributed by atoms with Gasteiger partial charge < -0.3 is 19.7 Å². The standard InChI is InChI=1S/C31H38ClN3O6S/c1-21(2)18-33-31(37)23(4)34(19-24-8-7-9-25(32)16-24)30(36)20-35(26-12-10-22(3)11-13-26)42(38,39)27-14-15-28(40-5)29(17-27)41-6/h7-17,21,23H,18-20H2,1-6H3,(H,33,37). The number of carbonyl (C=O) groups is 2. The third kappa shape index (κ3) is 8.17. The highest BCUT2D eigenvalue weighted by Gasteiger charge is 2.33. The molecule has 0 aliphatic rings. The number of nitrogens with zero attached hydrogens (tertiary/aromatic N) is 2. The molecule has 42 heavy (non-hydrogen) atoms. The number of methoxy groups -OCH3 is 2. The van der Waals surface area contributed by atoms with Gasteiger partial charge in [-0.2, -0.15) is 0 Å². The van der Waals surface area contributed by atoms with E-state index in [0.717, 1.165) is 9.87 Å². The first-order valence-electron chi connectivity index (χ1n) is 13.5. The van der Waals surface area contributed by atoms with Gasteiger partial charge in [0.2, 0.25) is 11.8 Å². The van der Waals surface area contributed by atoms with E-state index in [4.69, 9.17) is 21.1 Å². The van der Waals surface area contributed by atoms with Crippen molar-refractivity contribution in [2.75, 3.05) is 31.6 Å². The molecule has 3 rings (SSSR count). The van der Waals surface area contributed by atoms with Crippen molar-refractivity contribution in [1.82, 2.24) is 10.2 Å². The van der Waals surface area contributed by atoms with Crippen molar-refractivity contribution >= 4 is 39.1 Å². The van der Waals surface area contributed by atoms with Crippen molar-refractivity contribution in [3.63, 3.8) is 0 Å². The molecular weight excluding hydrogens is 578 g/mol. The maximum atomic E-state index is 14.1. The lowest BCUT2D eigenvalue weighted by Gasteiger charge is -2.32. The first-order valence-corrected chi connectivity index (χ1v) is 15.3. The zero-order valence-electron chi connectivity index (χ0n) is 24.8. The molecule has 0 saturated heterocycles. The van der Waals surface area contributed by atoms with Gasteiger partial charge in [-0.3, -0.25) is 13.9 Å². The van der Waals surface area contributed by atoms with Crippen molar-refractivity contribution in [2.24, 2.45) is 5.92 Å². The SMILES string of the molecule is COc1ccc(S(=O)(=O)N(CC(=O)N(Cc2cccc(Cl)c2)C(C)C(=O)NCC(C)C)c2ccc(C)cc2)cc1OC. The summed E-state index contributed by atoms with van der Waals surface area (Å²) in [6.45, 7) is 7.38. The summed E-state index contributed by atoms with van der Waals surface area (Å²) in [7, 11) is -1.41. The number of rotatable bonds is 13. The van der Waals surface area contributed by atoms with E-state index in [1.165, 1.54) is 37.3 Å². The fourth-order valence-corrected chi connectivity index (χ4v) is 5.85. The van der Waals surface area contributed by atoms with Crippen LogP contribution in [-0.4, -0.2) is 58.5 Å².